The highest BCUT2D eigenvalue weighted by Crippen LogP contribution is 2.22. The van der Waals surface area contributed by atoms with Crippen molar-refractivity contribution in [1.82, 2.24) is 9.97 Å². The highest BCUT2D eigenvalue weighted by Gasteiger charge is 2.17. The first-order valence-corrected chi connectivity index (χ1v) is 7.42. The lowest BCUT2D eigenvalue weighted by Gasteiger charge is -2.19. The predicted octanol–water partition coefficient (Wildman–Crippen LogP) is 2.58. The minimum absolute atomic E-state index is 0.0276. The second-order valence-electron chi connectivity index (χ2n) is 6.51. The van der Waals surface area contributed by atoms with Gasteiger partial charge in [0.05, 0.1) is 5.56 Å². The van der Waals surface area contributed by atoms with E-state index >= 15 is 0 Å². The second-order valence-corrected chi connectivity index (χ2v) is 6.51. The van der Waals surface area contributed by atoms with E-state index in [1.165, 1.54) is 0 Å². The average molecular weight is 310 g/mol. The SMILES string of the molecule is CC(C)(C)c1ccc(C(=O)Nc2nc3c(c(=O)[nH]2)CC=N3)cc1. The van der Waals surface area contributed by atoms with Crippen LogP contribution in [0, 0.1) is 0 Å². The third-order valence-corrected chi connectivity index (χ3v) is 3.75. The maximum Gasteiger partial charge on any atom is 0.258 e. The van der Waals surface area contributed by atoms with Gasteiger partial charge in [0.25, 0.3) is 11.5 Å². The van der Waals surface area contributed by atoms with Crippen molar-refractivity contribution in [3.8, 4) is 0 Å². The number of aromatic nitrogens is 2. The third kappa shape index (κ3) is 3.06. The van der Waals surface area contributed by atoms with Crippen molar-refractivity contribution in [3.63, 3.8) is 0 Å². The minimum atomic E-state index is -0.324. The van der Waals surface area contributed by atoms with Crippen LogP contribution in [-0.2, 0) is 11.8 Å². The number of hydrogen-bond donors (Lipinski definition) is 2. The number of carbonyl (C=O) groups excluding carboxylic acids is 1. The van der Waals surface area contributed by atoms with E-state index in [1.54, 1.807) is 18.3 Å². The van der Waals surface area contributed by atoms with Crippen molar-refractivity contribution in [2.75, 3.05) is 5.32 Å². The van der Waals surface area contributed by atoms with Gasteiger partial charge in [0.15, 0.2) is 5.82 Å². The summed E-state index contributed by atoms with van der Waals surface area (Å²) in [7, 11) is 0. The van der Waals surface area contributed by atoms with Gasteiger partial charge in [0, 0.05) is 18.2 Å². The van der Waals surface area contributed by atoms with Crippen LogP contribution in [0.15, 0.2) is 34.1 Å². The van der Waals surface area contributed by atoms with Gasteiger partial charge in [-0.25, -0.2) is 4.99 Å². The number of aliphatic imine (C=N–C) groups is 1. The lowest BCUT2D eigenvalue weighted by molar-refractivity contribution is 0.102. The fourth-order valence-electron chi connectivity index (χ4n) is 2.36. The zero-order valence-electron chi connectivity index (χ0n) is 13.3. The predicted molar refractivity (Wildman–Crippen MR) is 89.8 cm³/mol. The fourth-order valence-corrected chi connectivity index (χ4v) is 2.36. The van der Waals surface area contributed by atoms with Gasteiger partial charge in [-0.2, -0.15) is 4.98 Å². The van der Waals surface area contributed by atoms with Crippen molar-refractivity contribution in [2.24, 2.45) is 4.99 Å². The van der Waals surface area contributed by atoms with E-state index in [1.807, 2.05) is 12.1 Å². The number of anilines is 1. The van der Waals surface area contributed by atoms with Crippen molar-refractivity contribution < 1.29 is 4.79 Å². The Kier molecular flexibility index (Phi) is 3.60. The van der Waals surface area contributed by atoms with E-state index in [4.69, 9.17) is 0 Å². The highest BCUT2D eigenvalue weighted by atomic mass is 16.2. The number of nitrogens with zero attached hydrogens (tertiary/aromatic N) is 2. The van der Waals surface area contributed by atoms with Crippen LogP contribution in [0.4, 0.5) is 11.8 Å². The normalized spacial score (nSPS) is 13.0. The van der Waals surface area contributed by atoms with Crippen LogP contribution in [0.25, 0.3) is 0 Å². The van der Waals surface area contributed by atoms with Gasteiger partial charge in [-0.3, -0.25) is 19.9 Å². The Morgan fingerprint density at radius 2 is 1.91 bits per heavy atom. The Morgan fingerprint density at radius 3 is 2.57 bits per heavy atom. The molecule has 0 saturated carbocycles. The topological polar surface area (TPSA) is 87.2 Å². The molecule has 1 amide bonds. The summed E-state index contributed by atoms with van der Waals surface area (Å²) in [5, 5.41) is 2.61. The van der Waals surface area contributed by atoms with Gasteiger partial charge in [-0.15, -0.1) is 0 Å². The molecule has 6 heteroatoms. The van der Waals surface area contributed by atoms with Crippen LogP contribution in [0.2, 0.25) is 0 Å². The number of rotatable bonds is 2. The Balaban J connectivity index is 1.81. The molecule has 0 fully saturated rings. The Bertz CT molecular complexity index is 842. The number of amides is 1. The monoisotopic (exact) mass is 310 g/mol. The fraction of sp³-hybridized carbons (Fsp3) is 0.294. The molecule has 2 heterocycles. The molecule has 23 heavy (non-hydrogen) atoms. The van der Waals surface area contributed by atoms with Crippen molar-refractivity contribution >= 4 is 23.9 Å². The number of fused-ring (bicyclic) bond motifs is 1. The van der Waals surface area contributed by atoms with Crippen molar-refractivity contribution in [1.29, 1.82) is 0 Å². The van der Waals surface area contributed by atoms with Gasteiger partial charge in [-0.05, 0) is 23.1 Å². The summed E-state index contributed by atoms with van der Waals surface area (Å²) < 4.78 is 0. The summed E-state index contributed by atoms with van der Waals surface area (Å²) in [6.45, 7) is 6.34. The van der Waals surface area contributed by atoms with E-state index < -0.39 is 0 Å². The van der Waals surface area contributed by atoms with Gasteiger partial charge < -0.3 is 0 Å². The molecule has 3 rings (SSSR count). The summed E-state index contributed by atoms with van der Waals surface area (Å²) in [4.78, 5) is 34.9. The first-order valence-electron chi connectivity index (χ1n) is 7.42. The Hall–Kier alpha value is -2.76. The molecule has 0 unspecified atom stereocenters. The molecular weight excluding hydrogens is 292 g/mol. The molecule has 6 nitrogen and oxygen atoms in total. The van der Waals surface area contributed by atoms with E-state index in [0.29, 0.717) is 23.4 Å². The van der Waals surface area contributed by atoms with Crippen molar-refractivity contribution in [3.05, 3.63) is 51.3 Å². The van der Waals surface area contributed by atoms with E-state index in [0.717, 1.165) is 5.56 Å². The summed E-state index contributed by atoms with van der Waals surface area (Å²) >= 11 is 0. The number of H-pyrrole nitrogens is 1. The molecule has 0 radical (unpaired) electrons. The summed E-state index contributed by atoms with van der Waals surface area (Å²) in [5.74, 6) is 0.153. The maximum absolute atomic E-state index is 12.3. The Morgan fingerprint density at radius 1 is 1.22 bits per heavy atom. The number of aromatic amines is 1. The number of benzene rings is 1. The molecule has 0 saturated heterocycles. The van der Waals surface area contributed by atoms with Gasteiger partial charge in [0.1, 0.15) is 0 Å². The quantitative estimate of drug-likeness (QED) is 0.893. The Labute approximate surface area is 133 Å². The molecule has 0 spiro atoms. The average Bonchev–Trinajstić information content (AvgIpc) is 2.95. The molecule has 0 aliphatic carbocycles. The molecule has 0 bridgehead atoms. The largest absolute Gasteiger partial charge is 0.292 e. The molecule has 2 N–H and O–H groups in total. The molecule has 0 atom stereocenters. The number of hydrogen-bond acceptors (Lipinski definition) is 4. The van der Waals surface area contributed by atoms with Crippen LogP contribution in [0.1, 0.15) is 42.3 Å². The highest BCUT2D eigenvalue weighted by molar-refractivity contribution is 6.03. The van der Waals surface area contributed by atoms with Gasteiger partial charge in [0.2, 0.25) is 5.95 Å². The van der Waals surface area contributed by atoms with Crippen LogP contribution < -0.4 is 10.9 Å². The zero-order chi connectivity index (χ0) is 16.6. The lowest BCUT2D eigenvalue weighted by Crippen LogP contribution is -2.20. The summed E-state index contributed by atoms with van der Waals surface area (Å²) in [6, 6.07) is 7.38. The third-order valence-electron chi connectivity index (χ3n) is 3.75. The molecule has 1 aliphatic rings. The summed E-state index contributed by atoms with van der Waals surface area (Å²) in [5.41, 5.74) is 1.93. The number of carbonyl (C=O) groups is 1. The first-order chi connectivity index (χ1) is 10.8. The minimum Gasteiger partial charge on any atom is -0.292 e. The van der Waals surface area contributed by atoms with Gasteiger partial charge >= 0.3 is 0 Å². The second kappa shape index (κ2) is 5.46. The van der Waals surface area contributed by atoms with Crippen LogP contribution in [0.3, 0.4) is 0 Å². The summed E-state index contributed by atoms with van der Waals surface area (Å²) in [6.07, 6.45) is 2.10. The zero-order valence-corrected chi connectivity index (χ0v) is 13.3. The standard InChI is InChI=1S/C17H18N4O2/c1-17(2,3)11-6-4-10(5-7-11)14(22)20-16-19-13-12(8-9-18-13)15(23)21-16/h4-7,9H,8H2,1-3H3,(H2,19,20,21,22,23). The molecule has 118 valence electrons. The van der Waals surface area contributed by atoms with Crippen LogP contribution in [-0.4, -0.2) is 22.1 Å². The molecule has 2 aromatic rings. The van der Waals surface area contributed by atoms with Crippen LogP contribution >= 0.6 is 0 Å². The van der Waals surface area contributed by atoms with Crippen molar-refractivity contribution in [2.45, 2.75) is 32.6 Å². The molecular formula is C17H18N4O2. The van der Waals surface area contributed by atoms with Gasteiger partial charge in [-0.1, -0.05) is 32.9 Å². The lowest BCUT2D eigenvalue weighted by atomic mass is 9.87. The smallest absolute Gasteiger partial charge is 0.258 e. The van der Waals surface area contributed by atoms with E-state index in [-0.39, 0.29) is 22.8 Å². The molecule has 1 aromatic carbocycles. The maximum atomic E-state index is 12.3. The van der Waals surface area contributed by atoms with E-state index in [9.17, 15) is 9.59 Å². The molecule has 1 aliphatic heterocycles. The number of nitrogens with one attached hydrogen (secondary N) is 2. The first kappa shape index (κ1) is 15.1. The molecule has 1 aromatic heterocycles. The van der Waals surface area contributed by atoms with E-state index in [2.05, 4.69) is 41.0 Å². The van der Waals surface area contributed by atoms with Crippen LogP contribution in [0.5, 0.6) is 0 Å².